The molecule has 3 aromatic rings. The average Bonchev–Trinajstić information content (AvgIpc) is 1.60. The van der Waals surface area contributed by atoms with Crippen LogP contribution in [0.3, 0.4) is 0 Å². The highest BCUT2D eigenvalue weighted by atomic mass is 32.2. The number of aliphatic carboxylic acids is 5. The van der Waals surface area contributed by atoms with E-state index in [2.05, 4.69) is 27.8 Å². The standard InChI is InChI=1S/C62H76N6O23S4/c1-61(2)42-33-40(92)18-22-48(42)67(28-5-7-30-93(82,83)84)50(61)24-14-37-10-9-11-38(15-25-51-62(3,4)43-34-41(95(88,89)90)19-23-49(43)68(51)29-6-8-31-94(85,86)87)55(37)91-39-16-12-36(13-17-39)32-46(58(77)78)64-53(70)35-47(59(79)80)63-52(69)26-20-44(56(73)74)65-60(81)66-45(57(75)76)21-27-54(71)72/h12-19,22-25,33-34,44-47H,5-11,20-21,26-32,35H2,1-4H3,(H12-,63,64,65,66,69,70,71,72,73,74,75,76,77,78,79,80,81,82,83,84,85,86,87,88,89,90,92)/p+1/t44-,45-,46-,47-/m0/s1. The van der Waals surface area contributed by atoms with Crippen LogP contribution in [0.25, 0.3) is 0 Å². The van der Waals surface area contributed by atoms with Crippen LogP contribution in [-0.2, 0) is 81.2 Å². The Balaban J connectivity index is 1.28. The lowest BCUT2D eigenvalue weighted by Crippen LogP contribution is -2.51. The number of carboxylic acids is 5. The third-order valence-corrected chi connectivity index (χ3v) is 19.0. The molecule has 3 aliphatic rings. The second kappa shape index (κ2) is 31.8. The van der Waals surface area contributed by atoms with Crippen molar-refractivity contribution in [3.63, 3.8) is 0 Å². The topological polar surface area (TPSA) is 464 Å². The molecule has 0 unspecified atom stereocenters. The molecule has 2 aliphatic heterocycles. The third kappa shape index (κ3) is 21.3. The molecule has 0 aromatic heterocycles. The number of urea groups is 1. The summed E-state index contributed by atoms with van der Waals surface area (Å²) < 4.78 is 109. The van der Waals surface area contributed by atoms with E-state index in [0.717, 1.165) is 27.4 Å². The Morgan fingerprint density at radius 3 is 1.81 bits per heavy atom. The monoisotopic (exact) mass is 1400 g/mol. The Morgan fingerprint density at radius 1 is 0.642 bits per heavy atom. The fourth-order valence-electron chi connectivity index (χ4n) is 11.3. The van der Waals surface area contributed by atoms with Gasteiger partial charge in [-0.3, -0.25) is 28.0 Å². The first-order chi connectivity index (χ1) is 44.2. The Labute approximate surface area is 553 Å². The molecule has 0 radical (unpaired) electrons. The van der Waals surface area contributed by atoms with Gasteiger partial charge in [-0.25, -0.2) is 24.0 Å². The molecule has 4 atom stereocenters. The number of rotatable bonds is 34. The quantitative estimate of drug-likeness (QED) is 0.0151. The molecule has 0 saturated carbocycles. The third-order valence-electron chi connectivity index (χ3n) is 16.2. The summed E-state index contributed by atoms with van der Waals surface area (Å²) >= 11 is 4.62. The van der Waals surface area contributed by atoms with Crippen molar-refractivity contribution in [2.75, 3.05) is 29.5 Å². The van der Waals surface area contributed by atoms with Crippen molar-refractivity contribution in [2.45, 2.75) is 156 Å². The maximum absolute atomic E-state index is 13.3. The number of ether oxygens (including phenoxy) is 1. The SMILES string of the molecule is CC1(C)C(/C=C/C2=C(Oc3ccc(C[C@H](NC(=O)C[C@H](NC(=O)CC[C@H](NC(=O)N[C@@H](CCC(=O)O)C(=O)O)C(=O)O)C(=O)O)C(=O)O)cc3)C(=C/C=C3/N(CCCCS(=O)(=O)O)c4ccc(S(=O)(=O)O)cc4C3(C)C)/CCC2)=[N+](CCCCS(=O)(=O)O)c2ccc(S)cc21. The number of thiol groups is 1. The van der Waals surface area contributed by atoms with Crippen LogP contribution in [0.4, 0.5) is 16.2 Å². The number of carbonyl (C=O) groups excluding carboxylic acids is 3. The minimum atomic E-state index is -4.64. The molecular formula is C62H77N6O23S4+. The van der Waals surface area contributed by atoms with Crippen LogP contribution >= 0.6 is 12.6 Å². The summed E-state index contributed by atoms with van der Waals surface area (Å²) in [7, 11) is -13.1. The van der Waals surface area contributed by atoms with Crippen molar-refractivity contribution in [3.8, 4) is 5.75 Å². The number of nitrogens with one attached hydrogen (secondary N) is 4. The molecule has 29 nitrogen and oxygen atoms in total. The lowest BCUT2D eigenvalue weighted by Gasteiger charge is -2.27. The lowest BCUT2D eigenvalue weighted by atomic mass is 9.81. The zero-order chi connectivity index (χ0) is 70.5. The normalized spacial score (nSPS) is 17.4. The zero-order valence-corrected chi connectivity index (χ0v) is 55.5. The minimum Gasteiger partial charge on any atom is -0.481 e. The summed E-state index contributed by atoms with van der Waals surface area (Å²) in [6, 6.07) is 7.65. The second-order valence-electron chi connectivity index (χ2n) is 24.0. The van der Waals surface area contributed by atoms with E-state index in [1.807, 2.05) is 85.7 Å². The van der Waals surface area contributed by atoms with Crippen molar-refractivity contribution >= 4 is 108 Å². The highest BCUT2D eigenvalue weighted by Gasteiger charge is 2.45. The Morgan fingerprint density at radius 2 is 1.23 bits per heavy atom. The Kier molecular flexibility index (Phi) is 25.3. The van der Waals surface area contributed by atoms with E-state index in [4.69, 9.17) is 9.84 Å². The molecule has 6 rings (SSSR count). The van der Waals surface area contributed by atoms with Crippen molar-refractivity contribution in [1.82, 2.24) is 21.3 Å². The highest BCUT2D eigenvalue weighted by molar-refractivity contribution is 7.86. The van der Waals surface area contributed by atoms with E-state index in [9.17, 15) is 97.7 Å². The highest BCUT2D eigenvalue weighted by Crippen LogP contribution is 2.49. The number of amides is 4. The number of anilines is 1. The first-order valence-electron chi connectivity index (χ1n) is 29.9. The fourth-order valence-corrected chi connectivity index (χ4v) is 13.2. The molecule has 3 aromatic carbocycles. The van der Waals surface area contributed by atoms with Gasteiger partial charge >= 0.3 is 35.9 Å². The number of allylic oxidation sites excluding steroid dienone is 7. The van der Waals surface area contributed by atoms with Crippen LogP contribution in [0.15, 0.2) is 117 Å². The molecule has 0 fully saturated rings. The second-order valence-corrected chi connectivity index (χ2v) is 29.1. The number of benzene rings is 3. The van der Waals surface area contributed by atoms with E-state index in [1.165, 1.54) is 24.3 Å². The van der Waals surface area contributed by atoms with E-state index in [1.54, 1.807) is 18.2 Å². The molecule has 0 saturated heterocycles. The Bertz CT molecular complexity index is 4010. The van der Waals surface area contributed by atoms with Crippen LogP contribution < -0.4 is 30.9 Å². The van der Waals surface area contributed by atoms with Crippen molar-refractivity contribution in [2.24, 2.45) is 0 Å². The van der Waals surface area contributed by atoms with E-state index < -0.39 is 157 Å². The molecule has 95 heavy (non-hydrogen) atoms. The number of hydrogen-bond donors (Lipinski definition) is 13. The van der Waals surface area contributed by atoms with Crippen LogP contribution in [0, 0.1) is 0 Å². The van der Waals surface area contributed by atoms with Gasteiger partial charge in [0.25, 0.3) is 30.4 Å². The number of carboxylic acid groups (broad SMARTS) is 5. The van der Waals surface area contributed by atoms with Gasteiger partial charge < -0.3 is 56.4 Å². The smallest absolute Gasteiger partial charge is 0.326 e. The predicted molar refractivity (Wildman–Crippen MR) is 346 cm³/mol. The van der Waals surface area contributed by atoms with Crippen LogP contribution in [0.2, 0.25) is 0 Å². The zero-order valence-electron chi connectivity index (χ0n) is 52.2. The summed E-state index contributed by atoms with van der Waals surface area (Å²) in [5.41, 5.74) is 4.75. The van der Waals surface area contributed by atoms with Crippen molar-refractivity contribution in [3.05, 3.63) is 124 Å². The van der Waals surface area contributed by atoms with E-state index >= 15 is 0 Å². The lowest BCUT2D eigenvalue weighted by molar-refractivity contribution is -0.438. The number of hydrogen-bond acceptors (Lipinski definition) is 17. The summed E-state index contributed by atoms with van der Waals surface area (Å²) in [6.45, 7) is 8.44. The predicted octanol–water partition coefficient (Wildman–Crippen LogP) is 5.54. The summed E-state index contributed by atoms with van der Waals surface area (Å²) in [5, 5.41) is 56.1. The summed E-state index contributed by atoms with van der Waals surface area (Å²) in [6.07, 6.45) is 6.21. The maximum Gasteiger partial charge on any atom is 0.326 e. The molecular weight excluding hydrogens is 1320 g/mol. The molecule has 516 valence electrons. The average molecular weight is 1400 g/mol. The van der Waals surface area contributed by atoms with Crippen molar-refractivity contribution in [1.29, 1.82) is 0 Å². The number of unbranched alkanes of at least 4 members (excludes halogenated alkanes) is 2. The summed E-state index contributed by atoms with van der Waals surface area (Å²) in [4.78, 5) is 100.0. The molecule has 12 N–H and O–H groups in total. The van der Waals surface area contributed by atoms with Gasteiger partial charge in [0, 0.05) is 71.6 Å². The van der Waals surface area contributed by atoms with Gasteiger partial charge in [0.15, 0.2) is 5.71 Å². The molecule has 4 amide bonds. The Hall–Kier alpha value is -8.47. The molecule has 0 bridgehead atoms. The molecule has 2 heterocycles. The maximum atomic E-state index is 13.3. The van der Waals surface area contributed by atoms with Gasteiger partial charge in [0.05, 0.1) is 28.2 Å². The summed E-state index contributed by atoms with van der Waals surface area (Å²) in [5.74, 6) is -10.3. The van der Waals surface area contributed by atoms with E-state index in [0.29, 0.717) is 66.1 Å². The van der Waals surface area contributed by atoms with Crippen LogP contribution in [0.5, 0.6) is 5.75 Å². The first kappa shape index (κ1) is 75.6. The van der Waals surface area contributed by atoms with E-state index in [-0.39, 0.29) is 42.9 Å². The number of nitrogens with zero attached hydrogens (tertiary/aromatic N) is 2. The van der Waals surface area contributed by atoms with Gasteiger partial charge in [0.2, 0.25) is 17.5 Å². The molecule has 0 spiro atoms. The number of fused-ring (bicyclic) bond motifs is 2. The van der Waals surface area contributed by atoms with Gasteiger partial charge in [-0.2, -0.15) is 29.8 Å². The fraction of sp³-hybridized carbons (Fsp3) is 0.435. The van der Waals surface area contributed by atoms with Crippen molar-refractivity contribution < 1.29 is 112 Å². The molecule has 1 aliphatic carbocycles. The number of carbonyl (C=O) groups is 8. The van der Waals surface area contributed by atoms with Crippen LogP contribution in [0.1, 0.15) is 121 Å². The van der Waals surface area contributed by atoms with Gasteiger partial charge in [-0.1, -0.05) is 32.1 Å². The largest absolute Gasteiger partial charge is 0.481 e. The van der Waals surface area contributed by atoms with Gasteiger partial charge in [-0.15, -0.1) is 12.6 Å². The minimum absolute atomic E-state index is 0.0917. The first-order valence-corrected chi connectivity index (χ1v) is 35.0. The van der Waals surface area contributed by atoms with Crippen LogP contribution in [-0.4, -0.2) is 171 Å². The van der Waals surface area contributed by atoms with Gasteiger partial charge in [-0.05, 0) is 142 Å². The van der Waals surface area contributed by atoms with Gasteiger partial charge in [0.1, 0.15) is 42.2 Å². The molecule has 33 heteroatoms.